The quantitative estimate of drug-likeness (QED) is 0.552. The fourth-order valence-corrected chi connectivity index (χ4v) is 4.98. The molecular formula is C23H21NO3S. The van der Waals surface area contributed by atoms with Crippen molar-refractivity contribution in [3.05, 3.63) is 113 Å². The van der Waals surface area contributed by atoms with Crippen LogP contribution in [0.4, 0.5) is 0 Å². The van der Waals surface area contributed by atoms with E-state index in [1.165, 1.54) is 17.1 Å². The molecular weight excluding hydrogens is 370 g/mol. The van der Waals surface area contributed by atoms with Crippen molar-refractivity contribution in [3.8, 4) is 0 Å². The van der Waals surface area contributed by atoms with E-state index < -0.39 is 21.1 Å². The summed E-state index contributed by atoms with van der Waals surface area (Å²) in [5.41, 5.74) is 1.61. The Hall–Kier alpha value is -3.18. The van der Waals surface area contributed by atoms with Crippen LogP contribution in [0.3, 0.4) is 0 Å². The third-order valence-corrected chi connectivity index (χ3v) is 6.37. The third kappa shape index (κ3) is 3.62. The van der Waals surface area contributed by atoms with E-state index in [9.17, 15) is 13.2 Å². The molecule has 2 aromatic rings. The van der Waals surface area contributed by atoms with Crippen molar-refractivity contribution in [1.29, 1.82) is 0 Å². The van der Waals surface area contributed by atoms with Crippen molar-refractivity contribution in [2.24, 2.45) is 0 Å². The van der Waals surface area contributed by atoms with Crippen molar-refractivity contribution < 1.29 is 13.2 Å². The highest BCUT2D eigenvalue weighted by Crippen LogP contribution is 2.43. The van der Waals surface area contributed by atoms with Crippen LogP contribution in [0.15, 0.2) is 102 Å². The first-order chi connectivity index (χ1) is 13.5. The second kappa shape index (κ2) is 8.23. The molecule has 1 amide bonds. The van der Waals surface area contributed by atoms with Crippen LogP contribution in [0.1, 0.15) is 23.4 Å². The Balaban J connectivity index is 2.23. The molecule has 0 aliphatic carbocycles. The van der Waals surface area contributed by atoms with E-state index in [0.29, 0.717) is 16.8 Å². The summed E-state index contributed by atoms with van der Waals surface area (Å²) in [6.45, 7) is 5.61. The lowest BCUT2D eigenvalue weighted by atomic mass is 10.1. The van der Waals surface area contributed by atoms with Gasteiger partial charge in [0.1, 0.15) is 4.91 Å². The summed E-state index contributed by atoms with van der Waals surface area (Å²) < 4.78 is 26.8. The highest BCUT2D eigenvalue weighted by molar-refractivity contribution is 7.97. The first-order valence-corrected chi connectivity index (χ1v) is 10.4. The lowest BCUT2D eigenvalue weighted by molar-refractivity contribution is -0.124. The Morgan fingerprint density at radius 2 is 1.64 bits per heavy atom. The van der Waals surface area contributed by atoms with Crippen molar-refractivity contribution in [2.45, 2.75) is 12.3 Å². The summed E-state index contributed by atoms with van der Waals surface area (Å²) in [5.74, 6) is -0.562. The maximum absolute atomic E-state index is 13.4. The Morgan fingerprint density at radius 1 is 1.04 bits per heavy atom. The zero-order valence-corrected chi connectivity index (χ0v) is 16.3. The molecule has 1 heterocycles. The first-order valence-electron chi connectivity index (χ1n) is 8.85. The number of nitrogens with zero attached hydrogens (tertiary/aromatic N) is 1. The maximum Gasteiger partial charge on any atom is 0.271 e. The maximum atomic E-state index is 13.4. The van der Waals surface area contributed by atoms with E-state index in [2.05, 4.69) is 6.58 Å². The standard InChI is InChI=1S/C23H21NO3S/c1-3-5-16-20(4-2)24-22(25)21(17-18-12-8-6-9-13-18)28(26,27)23(24)19-14-10-7-11-15-19/h3-17,23H,2H2,1H3/b5-3-,20-16+,21-17+. The van der Waals surface area contributed by atoms with Crippen LogP contribution in [0.2, 0.25) is 0 Å². The number of hydrogen-bond donors (Lipinski definition) is 0. The van der Waals surface area contributed by atoms with Gasteiger partial charge in [-0.1, -0.05) is 79.4 Å². The van der Waals surface area contributed by atoms with Crippen LogP contribution in [0, 0.1) is 0 Å². The average molecular weight is 391 g/mol. The summed E-state index contributed by atoms with van der Waals surface area (Å²) in [5, 5.41) is -1.13. The Morgan fingerprint density at radius 3 is 2.21 bits per heavy atom. The minimum Gasteiger partial charge on any atom is -0.286 e. The van der Waals surface area contributed by atoms with E-state index in [4.69, 9.17) is 0 Å². The van der Waals surface area contributed by atoms with Gasteiger partial charge in [-0.15, -0.1) is 0 Å². The molecule has 142 valence electrons. The molecule has 0 saturated carbocycles. The van der Waals surface area contributed by atoms with Gasteiger partial charge in [-0.05, 0) is 36.3 Å². The number of allylic oxidation sites excluding steroid dienone is 4. The molecule has 1 fully saturated rings. The van der Waals surface area contributed by atoms with Crippen molar-refractivity contribution in [2.75, 3.05) is 0 Å². The van der Waals surface area contributed by atoms with Crippen molar-refractivity contribution in [3.63, 3.8) is 0 Å². The van der Waals surface area contributed by atoms with Gasteiger partial charge in [-0.2, -0.15) is 0 Å². The summed E-state index contributed by atoms with van der Waals surface area (Å²) in [6.07, 6.45) is 8.16. The summed E-state index contributed by atoms with van der Waals surface area (Å²) >= 11 is 0. The summed E-state index contributed by atoms with van der Waals surface area (Å²) in [7, 11) is -3.93. The predicted octanol–water partition coefficient (Wildman–Crippen LogP) is 4.63. The van der Waals surface area contributed by atoms with Gasteiger partial charge in [0.05, 0.1) is 0 Å². The van der Waals surface area contributed by atoms with Gasteiger partial charge in [0.15, 0.2) is 5.37 Å². The van der Waals surface area contributed by atoms with Crippen LogP contribution >= 0.6 is 0 Å². The highest BCUT2D eigenvalue weighted by atomic mass is 32.2. The lowest BCUT2D eigenvalue weighted by Gasteiger charge is -2.24. The molecule has 0 aromatic heterocycles. The molecule has 5 heteroatoms. The van der Waals surface area contributed by atoms with Crippen LogP contribution in [-0.4, -0.2) is 19.2 Å². The molecule has 3 rings (SSSR count). The predicted molar refractivity (Wildman–Crippen MR) is 112 cm³/mol. The van der Waals surface area contributed by atoms with Gasteiger partial charge >= 0.3 is 0 Å². The van der Waals surface area contributed by atoms with Gasteiger partial charge in [-0.3, -0.25) is 9.69 Å². The molecule has 0 N–H and O–H groups in total. The van der Waals surface area contributed by atoms with Crippen LogP contribution < -0.4 is 0 Å². The second-order valence-electron chi connectivity index (χ2n) is 6.22. The number of carbonyl (C=O) groups excluding carboxylic acids is 1. The Kier molecular flexibility index (Phi) is 5.76. The van der Waals surface area contributed by atoms with E-state index in [0.717, 1.165) is 0 Å². The van der Waals surface area contributed by atoms with E-state index in [1.807, 2.05) is 19.1 Å². The zero-order valence-electron chi connectivity index (χ0n) is 15.5. The number of hydrogen-bond acceptors (Lipinski definition) is 3. The van der Waals surface area contributed by atoms with Crippen LogP contribution in [0.5, 0.6) is 0 Å². The molecule has 1 unspecified atom stereocenters. The fourth-order valence-electron chi connectivity index (χ4n) is 3.09. The molecule has 4 nitrogen and oxygen atoms in total. The second-order valence-corrected chi connectivity index (χ2v) is 8.20. The fraction of sp³-hybridized carbons (Fsp3) is 0.0870. The van der Waals surface area contributed by atoms with Crippen LogP contribution in [0.25, 0.3) is 6.08 Å². The molecule has 0 radical (unpaired) electrons. The SMILES string of the molecule is C=C/C(=C\C=C/C)N1C(=O)/C(=C\c2ccccc2)S(=O)(=O)C1c1ccccc1. The van der Waals surface area contributed by atoms with Gasteiger partial charge < -0.3 is 0 Å². The number of rotatable bonds is 5. The average Bonchev–Trinajstić information content (AvgIpc) is 2.90. The van der Waals surface area contributed by atoms with Gasteiger partial charge in [0.25, 0.3) is 5.91 Å². The van der Waals surface area contributed by atoms with Gasteiger partial charge in [-0.25, -0.2) is 8.42 Å². The topological polar surface area (TPSA) is 54.5 Å². The minimum absolute atomic E-state index is 0.221. The zero-order chi connectivity index (χ0) is 20.1. The Bertz CT molecular complexity index is 1070. The number of carbonyl (C=O) groups is 1. The number of sulfone groups is 1. The number of benzene rings is 2. The highest BCUT2D eigenvalue weighted by Gasteiger charge is 2.50. The molecule has 1 saturated heterocycles. The molecule has 1 aliphatic rings. The first kappa shape index (κ1) is 19.6. The van der Waals surface area contributed by atoms with E-state index >= 15 is 0 Å². The smallest absolute Gasteiger partial charge is 0.271 e. The minimum atomic E-state index is -3.93. The van der Waals surface area contributed by atoms with Crippen LogP contribution in [-0.2, 0) is 14.6 Å². The Labute approximate surface area is 165 Å². The lowest BCUT2D eigenvalue weighted by Crippen LogP contribution is -2.27. The largest absolute Gasteiger partial charge is 0.286 e. The molecule has 28 heavy (non-hydrogen) atoms. The molecule has 1 aliphatic heterocycles. The summed E-state index contributed by atoms with van der Waals surface area (Å²) in [6, 6.07) is 17.7. The summed E-state index contributed by atoms with van der Waals surface area (Å²) in [4.78, 5) is 14.3. The monoisotopic (exact) mass is 391 g/mol. The van der Waals surface area contributed by atoms with E-state index in [-0.39, 0.29) is 4.91 Å². The van der Waals surface area contributed by atoms with E-state index in [1.54, 1.807) is 66.8 Å². The number of amides is 1. The van der Waals surface area contributed by atoms with Gasteiger partial charge in [0, 0.05) is 5.70 Å². The molecule has 2 aromatic carbocycles. The van der Waals surface area contributed by atoms with Gasteiger partial charge in [0.2, 0.25) is 9.84 Å². The molecule has 0 bridgehead atoms. The van der Waals surface area contributed by atoms with Crippen molar-refractivity contribution >= 4 is 21.8 Å². The molecule has 1 atom stereocenters. The van der Waals surface area contributed by atoms with Crippen molar-refractivity contribution in [1.82, 2.24) is 4.90 Å². The third-order valence-electron chi connectivity index (χ3n) is 4.39. The normalized spacial score (nSPS) is 20.8. The molecule has 0 spiro atoms.